The summed E-state index contributed by atoms with van der Waals surface area (Å²) in [6, 6.07) is 12.3. The van der Waals surface area contributed by atoms with Crippen molar-refractivity contribution in [2.24, 2.45) is 0 Å². The molecule has 4 nitrogen and oxygen atoms in total. The van der Waals surface area contributed by atoms with Gasteiger partial charge in [0.2, 0.25) is 0 Å². The van der Waals surface area contributed by atoms with Crippen molar-refractivity contribution >= 4 is 17.4 Å². The van der Waals surface area contributed by atoms with Crippen LogP contribution in [0.5, 0.6) is 0 Å². The molecular formula is C16H17N3OS. The van der Waals surface area contributed by atoms with Crippen LogP contribution in [0.25, 0.3) is 11.3 Å². The van der Waals surface area contributed by atoms with Gasteiger partial charge in [-0.1, -0.05) is 12.1 Å². The molecule has 0 saturated heterocycles. The van der Waals surface area contributed by atoms with Gasteiger partial charge >= 0.3 is 0 Å². The molecule has 0 aliphatic rings. The predicted octanol–water partition coefficient (Wildman–Crippen LogP) is 4.14. The van der Waals surface area contributed by atoms with Gasteiger partial charge in [0.05, 0.1) is 30.5 Å². The lowest BCUT2D eigenvalue weighted by Crippen LogP contribution is -1.97. The minimum absolute atomic E-state index is 0.692. The second-order valence-electron chi connectivity index (χ2n) is 4.70. The zero-order valence-electron chi connectivity index (χ0n) is 11.8. The second kappa shape index (κ2) is 6.54. The molecule has 2 heterocycles. The first-order valence-corrected chi connectivity index (χ1v) is 8.14. The van der Waals surface area contributed by atoms with E-state index in [0.29, 0.717) is 6.54 Å². The van der Waals surface area contributed by atoms with Gasteiger partial charge in [-0.05, 0) is 36.1 Å². The monoisotopic (exact) mass is 299 g/mol. The first-order chi connectivity index (χ1) is 10.3. The first-order valence-electron chi connectivity index (χ1n) is 6.74. The van der Waals surface area contributed by atoms with Gasteiger partial charge in [-0.3, -0.25) is 0 Å². The van der Waals surface area contributed by atoms with Crippen LogP contribution in [-0.2, 0) is 12.3 Å². The van der Waals surface area contributed by atoms with E-state index in [1.165, 1.54) is 0 Å². The van der Waals surface area contributed by atoms with Crippen molar-refractivity contribution in [3.8, 4) is 11.3 Å². The molecule has 0 saturated carbocycles. The Bertz CT molecular complexity index is 674. The van der Waals surface area contributed by atoms with E-state index in [1.54, 1.807) is 18.1 Å². The highest BCUT2D eigenvalue weighted by atomic mass is 32.2. The standard InChI is InChI=1S/C16H17N3OS/c1-21-10-15-7-6-14(20-15)8-18-13-4-2-12(3-5-13)16-9-17-11-19-16/h2-7,9,11,18H,8,10H2,1H3,(H,17,19). The van der Waals surface area contributed by atoms with Crippen LogP contribution in [0.4, 0.5) is 5.69 Å². The smallest absolute Gasteiger partial charge is 0.123 e. The summed E-state index contributed by atoms with van der Waals surface area (Å²) in [5.41, 5.74) is 3.22. The molecule has 0 bridgehead atoms. The van der Waals surface area contributed by atoms with Gasteiger partial charge in [0.25, 0.3) is 0 Å². The number of hydrogen-bond acceptors (Lipinski definition) is 4. The summed E-state index contributed by atoms with van der Waals surface area (Å²) >= 11 is 1.76. The second-order valence-corrected chi connectivity index (χ2v) is 5.56. The van der Waals surface area contributed by atoms with Crippen LogP contribution in [0.2, 0.25) is 0 Å². The Morgan fingerprint density at radius 2 is 1.95 bits per heavy atom. The molecule has 1 aromatic carbocycles. The van der Waals surface area contributed by atoms with E-state index in [-0.39, 0.29) is 0 Å². The van der Waals surface area contributed by atoms with Gasteiger partial charge in [-0.15, -0.1) is 0 Å². The first kappa shape index (κ1) is 13.8. The molecule has 5 heteroatoms. The molecule has 0 aliphatic carbocycles. The molecule has 21 heavy (non-hydrogen) atoms. The number of nitrogens with one attached hydrogen (secondary N) is 2. The Morgan fingerprint density at radius 3 is 2.67 bits per heavy atom. The van der Waals surface area contributed by atoms with Gasteiger partial charge in [-0.2, -0.15) is 11.8 Å². The van der Waals surface area contributed by atoms with Crippen molar-refractivity contribution in [3.05, 3.63) is 60.4 Å². The number of aromatic nitrogens is 2. The Balaban J connectivity index is 1.60. The van der Waals surface area contributed by atoms with Gasteiger partial charge < -0.3 is 14.7 Å². The molecule has 0 unspecified atom stereocenters. The van der Waals surface area contributed by atoms with E-state index < -0.39 is 0 Å². The summed E-state index contributed by atoms with van der Waals surface area (Å²) in [4.78, 5) is 7.13. The molecule has 0 fully saturated rings. The number of rotatable bonds is 6. The zero-order valence-corrected chi connectivity index (χ0v) is 12.6. The molecular weight excluding hydrogens is 282 g/mol. The van der Waals surface area contributed by atoms with E-state index in [1.807, 2.05) is 18.3 Å². The third kappa shape index (κ3) is 3.49. The molecule has 3 aromatic rings. The lowest BCUT2D eigenvalue weighted by molar-refractivity contribution is 0.487. The van der Waals surface area contributed by atoms with Crippen LogP contribution < -0.4 is 5.32 Å². The zero-order chi connectivity index (χ0) is 14.5. The number of thioether (sulfide) groups is 1. The van der Waals surface area contributed by atoms with E-state index in [0.717, 1.165) is 34.2 Å². The van der Waals surface area contributed by atoms with Crippen LogP contribution in [0.1, 0.15) is 11.5 Å². The Kier molecular flexibility index (Phi) is 4.31. The maximum absolute atomic E-state index is 5.73. The van der Waals surface area contributed by atoms with Crippen LogP contribution in [-0.4, -0.2) is 16.2 Å². The van der Waals surface area contributed by atoms with Crippen molar-refractivity contribution in [2.75, 3.05) is 11.6 Å². The van der Waals surface area contributed by atoms with E-state index in [4.69, 9.17) is 4.42 Å². The van der Waals surface area contributed by atoms with E-state index in [2.05, 4.69) is 45.8 Å². The number of nitrogens with zero attached hydrogens (tertiary/aromatic N) is 1. The molecule has 0 spiro atoms. The minimum atomic E-state index is 0.692. The van der Waals surface area contributed by atoms with Crippen molar-refractivity contribution in [1.82, 2.24) is 9.97 Å². The molecule has 3 rings (SSSR count). The highest BCUT2D eigenvalue weighted by Gasteiger charge is 2.02. The molecule has 0 atom stereocenters. The quantitative estimate of drug-likeness (QED) is 0.718. The summed E-state index contributed by atoms with van der Waals surface area (Å²) in [7, 11) is 0. The number of furan rings is 1. The molecule has 0 aliphatic heterocycles. The predicted molar refractivity (Wildman–Crippen MR) is 87.3 cm³/mol. The fourth-order valence-electron chi connectivity index (χ4n) is 2.11. The van der Waals surface area contributed by atoms with Crippen LogP contribution in [0.15, 0.2) is 53.3 Å². The average Bonchev–Trinajstić information content (AvgIpc) is 3.18. The Labute approximate surface area is 128 Å². The SMILES string of the molecule is CSCc1ccc(CNc2ccc(-c3cnc[nH]3)cc2)o1. The number of anilines is 1. The van der Waals surface area contributed by atoms with Crippen LogP contribution >= 0.6 is 11.8 Å². The topological polar surface area (TPSA) is 53.9 Å². The number of hydrogen-bond donors (Lipinski definition) is 2. The lowest BCUT2D eigenvalue weighted by Gasteiger charge is -2.05. The third-order valence-electron chi connectivity index (χ3n) is 3.16. The average molecular weight is 299 g/mol. The number of imidazole rings is 1. The maximum Gasteiger partial charge on any atom is 0.123 e. The van der Waals surface area contributed by atoms with Crippen molar-refractivity contribution in [3.63, 3.8) is 0 Å². The van der Waals surface area contributed by atoms with Crippen LogP contribution in [0.3, 0.4) is 0 Å². The fraction of sp³-hybridized carbons (Fsp3) is 0.188. The Morgan fingerprint density at radius 1 is 1.14 bits per heavy atom. The number of H-pyrrole nitrogens is 1. The molecule has 0 amide bonds. The van der Waals surface area contributed by atoms with Gasteiger partial charge in [-0.25, -0.2) is 4.98 Å². The summed E-state index contributed by atoms with van der Waals surface area (Å²) in [5, 5.41) is 3.36. The molecule has 2 aromatic heterocycles. The molecule has 2 N–H and O–H groups in total. The number of aromatic amines is 1. The summed E-state index contributed by atoms with van der Waals surface area (Å²) in [6.45, 7) is 0.692. The number of benzene rings is 1. The van der Waals surface area contributed by atoms with Gasteiger partial charge in [0.1, 0.15) is 11.5 Å². The summed E-state index contributed by atoms with van der Waals surface area (Å²) in [6.07, 6.45) is 5.57. The Hall–Kier alpha value is -2.14. The van der Waals surface area contributed by atoms with Crippen molar-refractivity contribution < 1.29 is 4.42 Å². The molecule has 108 valence electrons. The fourth-order valence-corrected chi connectivity index (χ4v) is 2.55. The normalized spacial score (nSPS) is 10.7. The van der Waals surface area contributed by atoms with E-state index >= 15 is 0 Å². The largest absolute Gasteiger partial charge is 0.463 e. The maximum atomic E-state index is 5.73. The van der Waals surface area contributed by atoms with Gasteiger partial charge in [0.15, 0.2) is 0 Å². The minimum Gasteiger partial charge on any atom is -0.463 e. The summed E-state index contributed by atoms with van der Waals surface area (Å²) < 4.78 is 5.73. The third-order valence-corrected chi connectivity index (χ3v) is 3.74. The highest BCUT2D eigenvalue weighted by Crippen LogP contribution is 2.20. The van der Waals surface area contributed by atoms with E-state index in [9.17, 15) is 0 Å². The summed E-state index contributed by atoms with van der Waals surface area (Å²) in [5.74, 6) is 2.89. The van der Waals surface area contributed by atoms with Gasteiger partial charge in [0, 0.05) is 5.69 Å². The molecule has 0 radical (unpaired) electrons. The van der Waals surface area contributed by atoms with Crippen molar-refractivity contribution in [1.29, 1.82) is 0 Å². The highest BCUT2D eigenvalue weighted by molar-refractivity contribution is 7.97. The van der Waals surface area contributed by atoms with Crippen molar-refractivity contribution in [2.45, 2.75) is 12.3 Å². The van der Waals surface area contributed by atoms with Crippen LogP contribution in [0, 0.1) is 0 Å². The lowest BCUT2D eigenvalue weighted by atomic mass is 10.1.